The van der Waals surface area contributed by atoms with Gasteiger partial charge in [-0.2, -0.15) is 0 Å². The molecular weight excluding hydrogens is 338 g/mol. The molecule has 2 N–H and O–H groups in total. The van der Waals surface area contributed by atoms with E-state index in [0.717, 1.165) is 10.9 Å². The standard InChI is InChI=1S/C18H23N3O5/c1-3-26-18(24)21-9-7-20(8-10-21)16(17(22)23)13-11-19-15-12(13)5-4-6-14(15)25-2/h4-6,11,16,19H,3,7-10H2,1-2H3,(H,22,23)/t16-/m0/s1. The van der Waals surface area contributed by atoms with Crippen molar-refractivity contribution in [1.82, 2.24) is 14.8 Å². The Bertz CT molecular complexity index is 795. The molecule has 140 valence electrons. The van der Waals surface area contributed by atoms with Gasteiger partial charge in [-0.15, -0.1) is 0 Å². The predicted molar refractivity (Wildman–Crippen MR) is 95.4 cm³/mol. The van der Waals surface area contributed by atoms with E-state index >= 15 is 0 Å². The number of nitrogens with zero attached hydrogens (tertiary/aromatic N) is 2. The summed E-state index contributed by atoms with van der Waals surface area (Å²) < 4.78 is 10.4. The molecule has 1 aromatic heterocycles. The SMILES string of the molecule is CCOC(=O)N1CCN([C@H](C(=O)O)c2c[nH]c3c(OC)cccc23)CC1. The molecule has 26 heavy (non-hydrogen) atoms. The van der Waals surface area contributed by atoms with Crippen molar-refractivity contribution in [2.75, 3.05) is 39.9 Å². The van der Waals surface area contributed by atoms with Crippen LogP contribution in [0.15, 0.2) is 24.4 Å². The molecule has 2 heterocycles. The third kappa shape index (κ3) is 3.32. The van der Waals surface area contributed by atoms with Gasteiger partial charge in [-0.25, -0.2) is 4.79 Å². The van der Waals surface area contributed by atoms with Crippen molar-refractivity contribution in [2.24, 2.45) is 0 Å². The molecule has 8 nitrogen and oxygen atoms in total. The molecule has 0 unspecified atom stereocenters. The van der Waals surface area contributed by atoms with E-state index < -0.39 is 12.0 Å². The highest BCUT2D eigenvalue weighted by Gasteiger charge is 2.33. The summed E-state index contributed by atoms with van der Waals surface area (Å²) in [4.78, 5) is 30.5. The van der Waals surface area contributed by atoms with Crippen LogP contribution < -0.4 is 4.74 Å². The molecule has 0 spiro atoms. The van der Waals surface area contributed by atoms with Gasteiger partial charge >= 0.3 is 12.1 Å². The maximum Gasteiger partial charge on any atom is 0.409 e. The number of para-hydroxylation sites is 1. The van der Waals surface area contributed by atoms with Crippen LogP contribution in [0.4, 0.5) is 4.79 Å². The van der Waals surface area contributed by atoms with Gasteiger partial charge in [-0.3, -0.25) is 9.69 Å². The van der Waals surface area contributed by atoms with E-state index in [1.807, 2.05) is 23.1 Å². The smallest absolute Gasteiger partial charge is 0.409 e. The minimum Gasteiger partial charge on any atom is -0.495 e. The lowest BCUT2D eigenvalue weighted by Gasteiger charge is -2.37. The fourth-order valence-electron chi connectivity index (χ4n) is 3.41. The van der Waals surface area contributed by atoms with Crippen molar-refractivity contribution >= 4 is 23.0 Å². The fourth-order valence-corrected chi connectivity index (χ4v) is 3.41. The number of benzene rings is 1. The first-order chi connectivity index (χ1) is 12.6. The molecule has 0 aliphatic carbocycles. The largest absolute Gasteiger partial charge is 0.495 e. The number of piperazine rings is 1. The number of carboxylic acid groups (broad SMARTS) is 1. The van der Waals surface area contributed by atoms with E-state index in [1.54, 1.807) is 25.1 Å². The van der Waals surface area contributed by atoms with E-state index in [0.29, 0.717) is 44.1 Å². The Labute approximate surface area is 151 Å². The van der Waals surface area contributed by atoms with Crippen LogP contribution >= 0.6 is 0 Å². The van der Waals surface area contributed by atoms with Crippen LogP contribution in [0.5, 0.6) is 5.75 Å². The topological polar surface area (TPSA) is 95.1 Å². The van der Waals surface area contributed by atoms with Gasteiger partial charge in [0.15, 0.2) is 0 Å². The monoisotopic (exact) mass is 361 g/mol. The number of hydrogen-bond acceptors (Lipinski definition) is 5. The lowest BCUT2D eigenvalue weighted by molar-refractivity contribution is -0.144. The van der Waals surface area contributed by atoms with Gasteiger partial charge < -0.3 is 24.5 Å². The summed E-state index contributed by atoms with van der Waals surface area (Å²) in [6.45, 7) is 3.90. The van der Waals surface area contributed by atoms with E-state index in [1.165, 1.54) is 0 Å². The molecule has 1 fully saturated rings. The van der Waals surface area contributed by atoms with E-state index in [2.05, 4.69) is 4.98 Å². The minimum atomic E-state index is -0.918. The number of nitrogens with one attached hydrogen (secondary N) is 1. The molecule has 8 heteroatoms. The predicted octanol–water partition coefficient (Wildman–Crippen LogP) is 2.08. The second-order valence-corrected chi connectivity index (χ2v) is 6.09. The Morgan fingerprint density at radius 3 is 2.62 bits per heavy atom. The lowest BCUT2D eigenvalue weighted by Crippen LogP contribution is -2.51. The van der Waals surface area contributed by atoms with Gasteiger partial charge in [-0.1, -0.05) is 12.1 Å². The number of carbonyl (C=O) groups is 2. The molecule has 1 aliphatic rings. The first-order valence-corrected chi connectivity index (χ1v) is 8.59. The van der Waals surface area contributed by atoms with E-state index in [4.69, 9.17) is 9.47 Å². The van der Waals surface area contributed by atoms with Crippen molar-refractivity contribution in [3.63, 3.8) is 0 Å². The first-order valence-electron chi connectivity index (χ1n) is 8.59. The third-order valence-electron chi connectivity index (χ3n) is 4.66. The zero-order chi connectivity index (χ0) is 18.7. The Kier molecular flexibility index (Phi) is 5.32. The third-order valence-corrected chi connectivity index (χ3v) is 4.66. The minimum absolute atomic E-state index is 0.327. The maximum absolute atomic E-state index is 12.0. The number of aliphatic carboxylic acids is 1. The number of hydrogen-bond donors (Lipinski definition) is 2. The molecule has 3 rings (SSSR count). The van der Waals surface area contributed by atoms with Gasteiger partial charge in [0, 0.05) is 43.3 Å². The van der Waals surface area contributed by atoms with Gasteiger partial charge in [0.25, 0.3) is 0 Å². The number of aromatic nitrogens is 1. The molecule has 0 bridgehead atoms. The second-order valence-electron chi connectivity index (χ2n) is 6.09. The zero-order valence-electron chi connectivity index (χ0n) is 14.9. The highest BCUT2D eigenvalue weighted by Crippen LogP contribution is 2.33. The summed E-state index contributed by atoms with van der Waals surface area (Å²) >= 11 is 0. The Hall–Kier alpha value is -2.74. The quantitative estimate of drug-likeness (QED) is 0.847. The number of ether oxygens (including phenoxy) is 2. The number of carbonyl (C=O) groups excluding carboxylic acids is 1. The van der Waals surface area contributed by atoms with Crippen LogP contribution in [-0.2, 0) is 9.53 Å². The summed E-state index contributed by atoms with van der Waals surface area (Å²) in [5.41, 5.74) is 1.47. The first kappa shape index (κ1) is 18.1. The molecular formula is C18H23N3O5. The van der Waals surface area contributed by atoms with E-state index in [-0.39, 0.29) is 6.09 Å². The molecule has 1 atom stereocenters. The van der Waals surface area contributed by atoms with Crippen LogP contribution in [0.3, 0.4) is 0 Å². The molecule has 1 aliphatic heterocycles. The Morgan fingerprint density at radius 2 is 2.00 bits per heavy atom. The average molecular weight is 361 g/mol. The fraction of sp³-hybridized carbons (Fsp3) is 0.444. The van der Waals surface area contributed by atoms with Crippen molar-refractivity contribution < 1.29 is 24.2 Å². The molecule has 0 saturated carbocycles. The molecule has 1 aromatic carbocycles. The summed E-state index contributed by atoms with van der Waals surface area (Å²) in [5, 5.41) is 10.7. The lowest BCUT2D eigenvalue weighted by atomic mass is 10.0. The number of methoxy groups -OCH3 is 1. The Morgan fingerprint density at radius 1 is 1.27 bits per heavy atom. The normalized spacial score (nSPS) is 16.5. The summed E-state index contributed by atoms with van der Waals surface area (Å²) in [7, 11) is 1.58. The molecule has 1 amide bonds. The number of rotatable bonds is 5. The van der Waals surface area contributed by atoms with Gasteiger partial charge in [0.05, 0.1) is 19.2 Å². The highest BCUT2D eigenvalue weighted by atomic mass is 16.6. The number of aromatic amines is 1. The van der Waals surface area contributed by atoms with Crippen molar-refractivity contribution in [2.45, 2.75) is 13.0 Å². The van der Waals surface area contributed by atoms with Crippen molar-refractivity contribution in [1.29, 1.82) is 0 Å². The summed E-state index contributed by atoms with van der Waals surface area (Å²) in [5.74, 6) is -0.247. The average Bonchev–Trinajstić information content (AvgIpc) is 3.06. The van der Waals surface area contributed by atoms with Gasteiger partial charge in [0.1, 0.15) is 11.8 Å². The van der Waals surface area contributed by atoms with Crippen LogP contribution in [0.25, 0.3) is 10.9 Å². The summed E-state index contributed by atoms with van der Waals surface area (Å²) in [6, 6.07) is 4.77. The van der Waals surface area contributed by atoms with Crippen LogP contribution in [0.2, 0.25) is 0 Å². The number of fused-ring (bicyclic) bond motifs is 1. The van der Waals surface area contributed by atoms with Crippen molar-refractivity contribution in [3.05, 3.63) is 30.0 Å². The molecule has 2 aromatic rings. The van der Waals surface area contributed by atoms with Gasteiger partial charge in [-0.05, 0) is 13.0 Å². The van der Waals surface area contributed by atoms with Gasteiger partial charge in [0.2, 0.25) is 0 Å². The van der Waals surface area contributed by atoms with Crippen LogP contribution in [0.1, 0.15) is 18.5 Å². The number of amides is 1. The molecule has 1 saturated heterocycles. The van der Waals surface area contributed by atoms with E-state index in [9.17, 15) is 14.7 Å². The summed E-state index contributed by atoms with van der Waals surface area (Å²) in [6.07, 6.45) is 1.37. The number of carboxylic acids is 1. The zero-order valence-corrected chi connectivity index (χ0v) is 14.9. The van der Waals surface area contributed by atoms with Crippen LogP contribution in [-0.4, -0.2) is 71.8 Å². The Balaban J connectivity index is 1.83. The van der Waals surface area contributed by atoms with Crippen LogP contribution in [0, 0.1) is 0 Å². The maximum atomic E-state index is 12.0. The second kappa shape index (κ2) is 7.65. The molecule has 0 radical (unpaired) electrons. The number of H-pyrrole nitrogens is 1. The van der Waals surface area contributed by atoms with Crippen molar-refractivity contribution in [3.8, 4) is 5.75 Å². The highest BCUT2D eigenvalue weighted by molar-refractivity contribution is 5.92.